The Morgan fingerprint density at radius 3 is 2.29 bits per heavy atom. The van der Waals surface area contributed by atoms with Crippen LogP contribution in [-0.4, -0.2) is 26.3 Å². The number of para-hydroxylation sites is 1. The van der Waals surface area contributed by atoms with Crippen LogP contribution in [0.2, 0.25) is 0 Å². The molecular formula is C28H22FN3OS. The van der Waals surface area contributed by atoms with Gasteiger partial charge in [0.2, 0.25) is 0 Å². The number of carbonyl (C=O) groups is 1. The maximum atomic E-state index is 13.4. The number of aryl methyl sites for hydroxylation is 1. The lowest BCUT2D eigenvalue weighted by atomic mass is 10.1. The van der Waals surface area contributed by atoms with Gasteiger partial charge in [0.25, 0.3) is 0 Å². The Kier molecular flexibility index (Phi) is 5.99. The Hall–Kier alpha value is -3.77. The highest BCUT2D eigenvalue weighted by atomic mass is 32.2. The van der Waals surface area contributed by atoms with E-state index in [1.165, 1.54) is 23.9 Å². The van der Waals surface area contributed by atoms with Crippen molar-refractivity contribution in [2.24, 2.45) is 0 Å². The molecule has 0 fully saturated rings. The van der Waals surface area contributed by atoms with Crippen LogP contribution in [-0.2, 0) is 0 Å². The molecule has 0 saturated carbocycles. The summed E-state index contributed by atoms with van der Waals surface area (Å²) in [5.74, 6) is 0.0142. The number of carbonyl (C=O) groups excluding carboxylic acids is 1. The number of benzene rings is 3. The van der Waals surface area contributed by atoms with Gasteiger partial charge in [0, 0.05) is 39.0 Å². The van der Waals surface area contributed by atoms with Gasteiger partial charge in [0.15, 0.2) is 5.78 Å². The number of rotatable bonds is 6. The van der Waals surface area contributed by atoms with Gasteiger partial charge in [-0.1, -0.05) is 54.2 Å². The van der Waals surface area contributed by atoms with E-state index in [1.54, 1.807) is 12.1 Å². The van der Waals surface area contributed by atoms with Crippen molar-refractivity contribution in [1.82, 2.24) is 14.8 Å². The van der Waals surface area contributed by atoms with E-state index in [1.807, 2.05) is 74.5 Å². The minimum absolute atomic E-state index is 0.0498. The second-order valence-corrected chi connectivity index (χ2v) is 9.04. The van der Waals surface area contributed by atoms with Gasteiger partial charge in [-0.15, -0.1) is 10.2 Å². The monoisotopic (exact) mass is 467 g/mol. The molecule has 0 aliphatic heterocycles. The molecule has 0 saturated heterocycles. The zero-order valence-corrected chi connectivity index (χ0v) is 19.6. The normalized spacial score (nSPS) is 11.1. The average molecular weight is 468 g/mol. The van der Waals surface area contributed by atoms with Gasteiger partial charge in [0.1, 0.15) is 16.5 Å². The van der Waals surface area contributed by atoms with Crippen molar-refractivity contribution in [2.75, 3.05) is 5.75 Å². The zero-order chi connectivity index (χ0) is 23.7. The Balaban J connectivity index is 1.43. The number of Topliss-reactive ketones (excluding diaryl/α,β-unsaturated/α-hetero) is 1. The molecule has 6 heteroatoms. The third-order valence-corrected chi connectivity index (χ3v) is 6.84. The van der Waals surface area contributed by atoms with Crippen LogP contribution in [0.5, 0.6) is 0 Å². The first-order valence-corrected chi connectivity index (χ1v) is 11.9. The second kappa shape index (κ2) is 9.23. The Morgan fingerprint density at radius 2 is 1.56 bits per heavy atom. The number of halogens is 1. The lowest BCUT2D eigenvalue weighted by molar-refractivity contribution is 0.102. The summed E-state index contributed by atoms with van der Waals surface area (Å²) < 4.78 is 15.5. The number of thioether (sulfide) groups is 1. The second-order valence-electron chi connectivity index (χ2n) is 8.07. The van der Waals surface area contributed by atoms with Crippen molar-refractivity contribution in [3.05, 3.63) is 108 Å². The van der Waals surface area contributed by atoms with E-state index in [-0.39, 0.29) is 17.4 Å². The summed E-state index contributed by atoms with van der Waals surface area (Å²) in [6.45, 7) is 3.99. The maximum Gasteiger partial charge on any atom is 0.174 e. The molecule has 5 aromatic rings. The molecule has 168 valence electrons. The van der Waals surface area contributed by atoms with E-state index in [9.17, 15) is 9.18 Å². The maximum absolute atomic E-state index is 13.4. The lowest BCUT2D eigenvalue weighted by Crippen LogP contribution is -2.06. The molecule has 0 spiro atoms. The van der Waals surface area contributed by atoms with E-state index in [0.717, 1.165) is 33.4 Å². The van der Waals surface area contributed by atoms with Gasteiger partial charge < -0.3 is 4.57 Å². The van der Waals surface area contributed by atoms with Gasteiger partial charge in [-0.05, 0) is 56.3 Å². The summed E-state index contributed by atoms with van der Waals surface area (Å²) in [7, 11) is 0. The zero-order valence-electron chi connectivity index (χ0n) is 18.8. The van der Waals surface area contributed by atoms with Crippen molar-refractivity contribution in [3.63, 3.8) is 0 Å². The van der Waals surface area contributed by atoms with E-state index < -0.39 is 0 Å². The number of fused-ring (bicyclic) bond motifs is 1. The molecule has 0 amide bonds. The number of nitrogens with zero attached hydrogens (tertiary/aromatic N) is 3. The number of aromatic nitrogens is 3. The van der Waals surface area contributed by atoms with Gasteiger partial charge in [-0.3, -0.25) is 4.79 Å². The van der Waals surface area contributed by atoms with Crippen LogP contribution >= 0.6 is 11.8 Å². The highest BCUT2D eigenvalue weighted by Crippen LogP contribution is 2.32. The van der Waals surface area contributed by atoms with Crippen molar-refractivity contribution in [2.45, 2.75) is 18.9 Å². The topological polar surface area (TPSA) is 47.8 Å². The molecule has 2 aromatic heterocycles. The van der Waals surface area contributed by atoms with Crippen LogP contribution in [0.1, 0.15) is 21.7 Å². The van der Waals surface area contributed by atoms with Gasteiger partial charge in [-0.25, -0.2) is 4.39 Å². The van der Waals surface area contributed by atoms with Crippen LogP contribution < -0.4 is 0 Å². The molecule has 5 rings (SSSR count). The summed E-state index contributed by atoms with van der Waals surface area (Å²) in [4.78, 5) is 13.2. The quantitative estimate of drug-likeness (QED) is 0.203. The van der Waals surface area contributed by atoms with Crippen LogP contribution in [0.15, 0.2) is 90.0 Å². The van der Waals surface area contributed by atoms with Gasteiger partial charge >= 0.3 is 0 Å². The molecule has 4 nitrogen and oxygen atoms in total. The number of ketones is 1. The van der Waals surface area contributed by atoms with Crippen LogP contribution in [0, 0.1) is 19.7 Å². The molecule has 0 radical (unpaired) electrons. The predicted octanol–water partition coefficient (Wildman–Crippen LogP) is 6.82. The molecule has 3 aromatic carbocycles. The first-order chi connectivity index (χ1) is 16.5. The standard InChI is InChI=1S/C28H22FN3OS/c1-18-16-25(19(2)32(18)22-8-4-3-5-9-22)26(33)17-34-28-24-11-7-6-10-23(24)27(30-31-28)20-12-14-21(29)15-13-20/h3-16H,17H2,1-2H3. The molecule has 34 heavy (non-hydrogen) atoms. The summed E-state index contributed by atoms with van der Waals surface area (Å²) in [5.41, 5.74) is 5.19. The molecule has 0 unspecified atom stereocenters. The summed E-state index contributed by atoms with van der Waals surface area (Å²) in [6, 6.07) is 26.0. The molecule has 0 aliphatic carbocycles. The Bertz CT molecular complexity index is 1490. The minimum atomic E-state index is -0.293. The van der Waals surface area contributed by atoms with E-state index in [0.29, 0.717) is 16.3 Å². The van der Waals surface area contributed by atoms with Crippen LogP contribution in [0.4, 0.5) is 4.39 Å². The Labute approximate surface area is 201 Å². The molecule has 0 N–H and O–H groups in total. The van der Waals surface area contributed by atoms with Crippen molar-refractivity contribution < 1.29 is 9.18 Å². The van der Waals surface area contributed by atoms with E-state index >= 15 is 0 Å². The lowest BCUT2D eigenvalue weighted by Gasteiger charge is -2.10. The minimum Gasteiger partial charge on any atom is -0.318 e. The van der Waals surface area contributed by atoms with Crippen LogP contribution in [0.25, 0.3) is 27.7 Å². The fraction of sp³-hybridized carbons (Fsp3) is 0.107. The average Bonchev–Trinajstić information content (AvgIpc) is 3.17. The largest absolute Gasteiger partial charge is 0.318 e. The highest BCUT2D eigenvalue weighted by Gasteiger charge is 2.18. The molecule has 2 heterocycles. The molecule has 0 atom stereocenters. The summed E-state index contributed by atoms with van der Waals surface area (Å²) in [5, 5.41) is 11.4. The molecule has 0 aliphatic rings. The fourth-order valence-corrected chi connectivity index (χ4v) is 5.09. The first kappa shape index (κ1) is 22.0. The number of hydrogen-bond donors (Lipinski definition) is 0. The Morgan fingerprint density at radius 1 is 0.882 bits per heavy atom. The third kappa shape index (κ3) is 4.13. The fourth-order valence-electron chi connectivity index (χ4n) is 4.24. The van der Waals surface area contributed by atoms with Crippen LogP contribution in [0.3, 0.4) is 0 Å². The third-order valence-electron chi connectivity index (χ3n) is 5.86. The number of hydrogen-bond acceptors (Lipinski definition) is 4. The highest BCUT2D eigenvalue weighted by molar-refractivity contribution is 8.00. The van der Waals surface area contributed by atoms with Crippen molar-refractivity contribution >= 4 is 28.3 Å². The smallest absolute Gasteiger partial charge is 0.174 e. The molecule has 0 bridgehead atoms. The predicted molar refractivity (Wildman–Crippen MR) is 135 cm³/mol. The van der Waals surface area contributed by atoms with E-state index in [4.69, 9.17) is 0 Å². The first-order valence-electron chi connectivity index (χ1n) is 10.9. The van der Waals surface area contributed by atoms with E-state index in [2.05, 4.69) is 14.8 Å². The van der Waals surface area contributed by atoms with Crippen molar-refractivity contribution in [3.8, 4) is 16.9 Å². The summed E-state index contributed by atoms with van der Waals surface area (Å²) in [6.07, 6.45) is 0. The summed E-state index contributed by atoms with van der Waals surface area (Å²) >= 11 is 1.39. The van der Waals surface area contributed by atoms with Gasteiger partial charge in [0.05, 0.1) is 5.75 Å². The molecular weight excluding hydrogens is 445 g/mol. The van der Waals surface area contributed by atoms with Crippen molar-refractivity contribution in [1.29, 1.82) is 0 Å². The SMILES string of the molecule is Cc1cc(C(=O)CSc2nnc(-c3ccc(F)cc3)c3ccccc23)c(C)n1-c1ccccc1. The van der Waals surface area contributed by atoms with Gasteiger partial charge in [-0.2, -0.15) is 0 Å².